The van der Waals surface area contributed by atoms with Gasteiger partial charge in [-0.2, -0.15) is 26.3 Å². The smallest absolute Gasteiger partial charge is 0.383 e. The largest absolute Gasteiger partial charge is 0.416 e. The SMILES string of the molecule is [2H]C([2H])([2H])OCCN1C([2H])([2H])C([2H])([2H])C([2H])(N(C(=O)Cn2c(SCc3cccc(F)c3F)cc(=O)c3ccccc32)C([2H])(C)c2ccc(-c3ccc(C(F)(F)F)cc3)cc2)C([2H])([2H])C1([2H])[2H].[2H]c1c([2H])c(F)c(F)c(CSc2c([2H])c(=O)c3c([2H])c([2H])c([2H])c([2H])c3n2CC(=O)N(C([2H])([2H])c2c([2H])c([2H])c(-c3c([2H])c([2H])c(C(F)(F)F)c([2H])c3[2H])c([2H])c2C)C2([2H])C([2H])([2H])C([2H])([2H])N(CCOC([2H])([2H])[2H])C([2H])([2H])C2([2H])[2H])c1[2H]. The molecule has 0 radical (unpaired) electrons. The minimum atomic E-state index is -5.54. The van der Waals surface area contributed by atoms with E-state index in [1.807, 2.05) is 0 Å². The highest BCUT2D eigenvalue weighted by molar-refractivity contribution is 7.98. The number of rotatable bonds is 24. The summed E-state index contributed by atoms with van der Waals surface area (Å²) in [6.07, 6.45) is -27.6. The Bertz CT molecular complexity index is 6960. The standard InChI is InChI=1S/2C41H40F5N3O3S/c1-27(28-10-12-29(13-11-28)30-14-16-32(17-15-30)41(44,45)46)49(33-18-20-47(21-19-33)22-23-52-2)38(51)25-48-36-9-4-3-7-34(36)37(50)24-39(48)53-26-31-6-5-8-35(42)40(31)43;1-27-22-29(28-12-14-32(15-13-28)41(44,45)46)10-11-30(27)24-48(33-16-18-47(19-17-33)20-21-52-2)38(51)25-49-36-9-4-3-7-34(36)37(50)23-39(49)53-26-31-6-5-8-35(42)40(31)43/h3-17,24,27,33H,18-23,25-26H2,1-2H3;3-15,22-23,33H,16-21,24-26H2,1-2H3/i2D3,18D2,19D2,20D2,21D2,27D,33D;2D3,3D,4D,5D,6D,7D,8D,9D,10D,11D,12D,13D,14D,15D,16D2,17D2,18D2,19D2,22D,23D,24D2,33D. The molecule has 0 spiro atoms. The van der Waals surface area contributed by atoms with E-state index in [0.29, 0.717) is 6.92 Å². The van der Waals surface area contributed by atoms with E-state index in [0.717, 1.165) is 47.5 Å². The van der Waals surface area contributed by atoms with Gasteiger partial charge in [0.05, 0.1) is 87.1 Å². The Hall–Kier alpha value is -9.04. The lowest BCUT2D eigenvalue weighted by Crippen LogP contribution is -2.49. The van der Waals surface area contributed by atoms with Crippen molar-refractivity contribution >= 4 is 57.1 Å². The summed E-state index contributed by atoms with van der Waals surface area (Å²) in [5.74, 6) is -11.7. The molecule has 0 bridgehead atoms. The van der Waals surface area contributed by atoms with Gasteiger partial charge in [-0.1, -0.05) is 115 Å². The third-order valence-corrected chi connectivity index (χ3v) is 17.5. The zero-order valence-electron chi connectivity index (χ0n) is 96.6. The van der Waals surface area contributed by atoms with E-state index in [1.165, 1.54) is 72.8 Å². The zero-order chi connectivity index (χ0) is 112. The van der Waals surface area contributed by atoms with E-state index >= 15 is 14.0 Å². The van der Waals surface area contributed by atoms with E-state index in [4.69, 9.17) is 39.8 Å². The highest BCUT2D eigenvalue weighted by Gasteiger charge is 2.35. The first-order valence-electron chi connectivity index (χ1n) is 51.8. The summed E-state index contributed by atoms with van der Waals surface area (Å²) < 4.78 is 519. The molecule has 0 N–H and O–H groups in total. The number of carbonyl (C=O) groups is 2. The molecule has 1 atom stereocenters. The summed E-state index contributed by atoms with van der Waals surface area (Å²) in [4.78, 5) is 57.5. The van der Waals surface area contributed by atoms with Crippen LogP contribution < -0.4 is 10.9 Å². The van der Waals surface area contributed by atoms with E-state index < -0.39 is 344 Å². The molecule has 2 aromatic heterocycles. The minimum Gasteiger partial charge on any atom is -0.383 e. The Morgan fingerprint density at radius 2 is 1.18 bits per heavy atom. The van der Waals surface area contributed by atoms with Gasteiger partial charge in [0.25, 0.3) is 0 Å². The van der Waals surface area contributed by atoms with Crippen LogP contribution in [0, 0.1) is 30.2 Å². The average molecular weight is 1540 g/mol. The Labute approximate surface area is 675 Å². The lowest BCUT2D eigenvalue weighted by molar-refractivity contribution is -0.138. The van der Waals surface area contributed by atoms with E-state index in [2.05, 4.69) is 9.47 Å². The first kappa shape index (κ1) is 40.2. The number of carbonyl (C=O) groups excluding carboxylic acids is 2. The van der Waals surface area contributed by atoms with Crippen LogP contribution in [0.4, 0.5) is 43.9 Å². The maximum absolute atomic E-state index is 15.8. The van der Waals surface area contributed by atoms with Crippen molar-refractivity contribution < 1.29 is 121 Å². The van der Waals surface area contributed by atoms with Crippen LogP contribution in [-0.2, 0) is 62.5 Å². The van der Waals surface area contributed by atoms with Crippen molar-refractivity contribution in [3.05, 3.63) is 270 Å². The van der Waals surface area contributed by atoms with Crippen molar-refractivity contribution in [2.75, 3.05) is 66.4 Å². The normalized spacial score (nSPS) is 25.3. The fourth-order valence-corrected chi connectivity index (χ4v) is 12.1. The molecule has 2 fully saturated rings. The molecule has 12 nitrogen and oxygen atoms in total. The predicted molar refractivity (Wildman–Crippen MR) is 395 cm³/mol. The van der Waals surface area contributed by atoms with Crippen molar-refractivity contribution in [1.82, 2.24) is 28.7 Å². The zero-order valence-corrected chi connectivity index (χ0v) is 56.3. The van der Waals surface area contributed by atoms with Gasteiger partial charge >= 0.3 is 12.4 Å². The van der Waals surface area contributed by atoms with Gasteiger partial charge in [-0.05, 0) is 139 Å². The number of aromatic nitrogens is 2. The summed E-state index contributed by atoms with van der Waals surface area (Å²) in [6, 6.07) is -14.1. The summed E-state index contributed by atoms with van der Waals surface area (Å²) in [5, 5.41) is -2.34. The third-order valence-electron chi connectivity index (χ3n) is 15.4. The van der Waals surface area contributed by atoms with E-state index in [9.17, 15) is 66.9 Å². The number of halogens is 10. The van der Waals surface area contributed by atoms with Crippen LogP contribution >= 0.6 is 23.5 Å². The maximum Gasteiger partial charge on any atom is 0.416 e. The number of hydrogen-bond donors (Lipinski definition) is 0. The molecule has 24 heteroatoms. The molecule has 2 aliphatic heterocycles. The Balaban J connectivity index is 0.000000288. The number of para-hydroxylation sites is 2. The second-order valence-electron chi connectivity index (χ2n) is 22.2. The van der Waals surface area contributed by atoms with Crippen LogP contribution in [0.25, 0.3) is 44.1 Å². The Morgan fingerprint density at radius 1 is 0.594 bits per heavy atom. The highest BCUT2D eigenvalue weighted by Crippen LogP contribution is 2.37. The molecule has 556 valence electrons. The molecule has 0 aliphatic carbocycles. The third kappa shape index (κ3) is 19.0. The fraction of sp³-hybridized carbons (Fsp3) is 0.317. The van der Waals surface area contributed by atoms with Crippen molar-refractivity contribution in [1.29, 1.82) is 0 Å². The maximum atomic E-state index is 15.8. The molecule has 4 heterocycles. The lowest BCUT2D eigenvalue weighted by Gasteiger charge is -2.42. The molecule has 2 aliphatic rings. The van der Waals surface area contributed by atoms with Crippen LogP contribution in [0.5, 0.6) is 0 Å². The molecule has 1 unspecified atom stereocenters. The molecule has 0 saturated carbocycles. The topological polar surface area (TPSA) is 110 Å². The first-order chi connectivity index (χ1) is 67.3. The molecule has 8 aromatic carbocycles. The van der Waals surface area contributed by atoms with Gasteiger partial charge < -0.3 is 38.2 Å². The molecular weight excluding hydrogens is 1420 g/mol. The van der Waals surface area contributed by atoms with Gasteiger partial charge in [0, 0.05) is 139 Å². The minimum absolute atomic E-state index is 0.0108. The number of benzene rings is 8. The van der Waals surface area contributed by atoms with Crippen LogP contribution in [0.15, 0.2) is 207 Å². The van der Waals surface area contributed by atoms with Gasteiger partial charge in [0.15, 0.2) is 34.1 Å². The van der Waals surface area contributed by atoms with Crippen molar-refractivity contribution in [2.24, 2.45) is 0 Å². The number of fused-ring (bicyclic) bond motifs is 2. The number of likely N-dealkylation sites (tertiary alicyclic amines) is 2. The quantitative estimate of drug-likeness (QED) is 0.0428. The summed E-state index contributed by atoms with van der Waals surface area (Å²) >= 11 is 0.719. The summed E-state index contributed by atoms with van der Waals surface area (Å²) in [5.41, 5.74) is -12.6. The Kier molecular flexibility index (Phi) is 13.3. The first-order valence-corrected chi connectivity index (χ1v) is 32.7. The second kappa shape index (κ2) is 35.1. The summed E-state index contributed by atoms with van der Waals surface area (Å²) in [6.45, 7) is -27.0. The van der Waals surface area contributed by atoms with Gasteiger partial charge in [-0.25, -0.2) is 17.6 Å². The molecule has 10 aromatic rings. The average Bonchev–Trinajstić information content (AvgIpc) is 0.663. The van der Waals surface area contributed by atoms with Crippen LogP contribution in [-0.4, -0.2) is 119 Å². The van der Waals surface area contributed by atoms with Gasteiger partial charge in [0.2, 0.25) is 11.8 Å². The van der Waals surface area contributed by atoms with E-state index in [-0.39, 0.29) is 75.0 Å². The number of ether oxygens (including phenoxy) is 2. The molecule has 12 rings (SSSR count). The van der Waals surface area contributed by atoms with Crippen LogP contribution in [0.3, 0.4) is 0 Å². The number of alkyl halides is 6. The number of hydrogen-bond acceptors (Lipinski definition) is 10. The van der Waals surface area contributed by atoms with Gasteiger partial charge in [-0.15, -0.1) is 23.5 Å². The van der Waals surface area contributed by atoms with Crippen molar-refractivity contribution in [3.8, 4) is 22.3 Å². The van der Waals surface area contributed by atoms with Crippen LogP contribution in [0.1, 0.15) is 135 Å². The van der Waals surface area contributed by atoms with Crippen molar-refractivity contribution in [3.63, 3.8) is 0 Å². The van der Waals surface area contributed by atoms with Crippen molar-refractivity contribution in [2.45, 2.75) is 111 Å². The fourth-order valence-electron chi connectivity index (χ4n) is 10.1. The number of thioether (sulfide) groups is 2. The number of methoxy groups -OCH3 is 2. The Morgan fingerprint density at radius 3 is 1.84 bits per heavy atom. The van der Waals surface area contributed by atoms with Gasteiger partial charge in [-0.3, -0.25) is 19.2 Å². The molecule has 2 saturated heterocycles. The predicted octanol–water partition coefficient (Wildman–Crippen LogP) is 17.7. The summed E-state index contributed by atoms with van der Waals surface area (Å²) in [7, 11) is -6.39. The number of piperidine rings is 2. The second-order valence-corrected chi connectivity index (χ2v) is 24.2. The number of pyridine rings is 2. The van der Waals surface area contributed by atoms with E-state index in [1.54, 1.807) is 0 Å². The lowest BCUT2D eigenvalue weighted by atomic mass is 9.96. The number of nitrogens with zero attached hydrogens (tertiary/aromatic N) is 6. The van der Waals surface area contributed by atoms with Crippen LogP contribution in [0.2, 0.25) is 0 Å². The molecule has 106 heavy (non-hydrogen) atoms. The monoisotopic (exact) mass is 1540 g/mol. The number of amides is 2. The van der Waals surface area contributed by atoms with Gasteiger partial charge in [0.1, 0.15) is 13.1 Å². The molecule has 2 amide bonds. The highest BCUT2D eigenvalue weighted by atomic mass is 32.2. The molecular formula is C82H80F10N6O6S2.